The maximum atomic E-state index is 12.3. The predicted octanol–water partition coefficient (Wildman–Crippen LogP) is 3.56. The first kappa shape index (κ1) is 20.6. The fourth-order valence-electron chi connectivity index (χ4n) is 2.88. The van der Waals surface area contributed by atoms with Crippen LogP contribution in [0.1, 0.15) is 21.5 Å². The summed E-state index contributed by atoms with van der Waals surface area (Å²) in [6.07, 6.45) is 0.663. The van der Waals surface area contributed by atoms with E-state index in [9.17, 15) is 14.4 Å². The van der Waals surface area contributed by atoms with Crippen LogP contribution in [0.25, 0.3) is 0 Å². The molecular weight excluding hydrogens is 382 g/mol. The molecule has 0 bridgehead atoms. The van der Waals surface area contributed by atoms with Gasteiger partial charge in [0.1, 0.15) is 0 Å². The van der Waals surface area contributed by atoms with Gasteiger partial charge in [0.15, 0.2) is 6.61 Å². The first-order valence-electron chi connectivity index (χ1n) is 9.26. The molecule has 0 aliphatic rings. The van der Waals surface area contributed by atoms with Crippen LogP contribution in [0.15, 0.2) is 78.9 Å². The number of carbonyl (C=O) groups is 3. The number of para-hydroxylation sites is 1. The van der Waals surface area contributed by atoms with Gasteiger partial charge in [-0.2, -0.15) is 0 Å². The lowest BCUT2D eigenvalue weighted by molar-refractivity contribution is -0.119. The molecule has 152 valence electrons. The summed E-state index contributed by atoms with van der Waals surface area (Å²) in [6.45, 7) is -0.439. The normalized spacial score (nSPS) is 10.1. The highest BCUT2D eigenvalue weighted by atomic mass is 16.5. The summed E-state index contributed by atoms with van der Waals surface area (Å²) < 4.78 is 5.09. The number of urea groups is 1. The Bertz CT molecular complexity index is 1050. The quantitative estimate of drug-likeness (QED) is 0.524. The minimum absolute atomic E-state index is 0.193. The summed E-state index contributed by atoms with van der Waals surface area (Å²) >= 11 is 0. The first-order chi connectivity index (χ1) is 14.5. The van der Waals surface area contributed by atoms with Gasteiger partial charge in [-0.1, -0.05) is 54.6 Å². The highest BCUT2D eigenvalue weighted by Gasteiger charge is 2.13. The van der Waals surface area contributed by atoms with E-state index in [4.69, 9.17) is 10.5 Å². The third kappa shape index (κ3) is 5.93. The Morgan fingerprint density at radius 3 is 2.33 bits per heavy atom. The summed E-state index contributed by atoms with van der Waals surface area (Å²) in [5.41, 5.74) is 8.35. The van der Waals surface area contributed by atoms with Crippen LogP contribution in [-0.4, -0.2) is 24.5 Å². The second-order valence-electron chi connectivity index (χ2n) is 6.51. The van der Waals surface area contributed by atoms with E-state index < -0.39 is 24.5 Å². The smallest absolute Gasteiger partial charge is 0.338 e. The van der Waals surface area contributed by atoms with Crippen molar-refractivity contribution in [2.45, 2.75) is 6.42 Å². The molecule has 0 aliphatic carbocycles. The second-order valence-corrected chi connectivity index (χ2v) is 6.51. The Morgan fingerprint density at radius 2 is 1.57 bits per heavy atom. The van der Waals surface area contributed by atoms with Crippen molar-refractivity contribution in [1.29, 1.82) is 0 Å². The molecule has 0 unspecified atom stereocenters. The third-order valence-electron chi connectivity index (χ3n) is 4.23. The van der Waals surface area contributed by atoms with E-state index in [0.29, 0.717) is 17.8 Å². The van der Waals surface area contributed by atoms with Crippen LogP contribution in [-0.2, 0) is 16.0 Å². The Balaban J connectivity index is 1.59. The summed E-state index contributed by atoms with van der Waals surface area (Å²) in [5, 5.41) is 5.16. The van der Waals surface area contributed by atoms with Crippen LogP contribution in [0.4, 0.5) is 16.2 Å². The fraction of sp³-hybridized carbons (Fsp3) is 0.0870. The van der Waals surface area contributed by atoms with E-state index in [1.54, 1.807) is 18.2 Å². The van der Waals surface area contributed by atoms with Crippen molar-refractivity contribution < 1.29 is 19.1 Å². The predicted molar refractivity (Wildman–Crippen MR) is 114 cm³/mol. The second kappa shape index (κ2) is 9.88. The molecule has 0 aromatic heterocycles. The molecule has 7 heteroatoms. The Labute approximate surface area is 173 Å². The van der Waals surface area contributed by atoms with Crippen molar-refractivity contribution in [2.75, 3.05) is 17.2 Å². The number of hydrogen-bond donors (Lipinski definition) is 3. The van der Waals surface area contributed by atoms with E-state index in [2.05, 4.69) is 10.6 Å². The van der Waals surface area contributed by atoms with Gasteiger partial charge in [-0.25, -0.2) is 9.59 Å². The molecule has 3 amide bonds. The average Bonchev–Trinajstić information content (AvgIpc) is 2.74. The number of nitrogens with two attached hydrogens (primary N) is 1. The maximum Gasteiger partial charge on any atom is 0.338 e. The number of amides is 3. The molecule has 3 aromatic rings. The lowest BCUT2D eigenvalue weighted by Gasteiger charge is -2.12. The number of hydrogen-bond acceptors (Lipinski definition) is 4. The number of esters is 1. The van der Waals surface area contributed by atoms with Gasteiger partial charge >= 0.3 is 12.0 Å². The summed E-state index contributed by atoms with van der Waals surface area (Å²) in [4.78, 5) is 35.4. The molecule has 0 saturated heterocycles. The summed E-state index contributed by atoms with van der Waals surface area (Å²) in [6, 6.07) is 22.7. The van der Waals surface area contributed by atoms with Crippen molar-refractivity contribution in [3.05, 3.63) is 95.6 Å². The molecule has 7 nitrogen and oxygen atoms in total. The number of nitrogens with one attached hydrogen (secondary N) is 2. The number of anilines is 2. The summed E-state index contributed by atoms with van der Waals surface area (Å²) in [7, 11) is 0. The van der Waals surface area contributed by atoms with Gasteiger partial charge in [-0.3, -0.25) is 4.79 Å². The molecule has 0 saturated carbocycles. The number of benzene rings is 3. The van der Waals surface area contributed by atoms with Crippen LogP contribution in [0.3, 0.4) is 0 Å². The van der Waals surface area contributed by atoms with Crippen molar-refractivity contribution in [3.8, 4) is 0 Å². The van der Waals surface area contributed by atoms with Gasteiger partial charge in [0.25, 0.3) is 5.91 Å². The molecule has 3 rings (SSSR count). The largest absolute Gasteiger partial charge is 0.452 e. The van der Waals surface area contributed by atoms with E-state index in [1.165, 1.54) is 12.1 Å². The van der Waals surface area contributed by atoms with Crippen LogP contribution in [0.5, 0.6) is 0 Å². The standard InChI is InChI=1S/C23H21N3O4/c24-23(29)25-19-11-6-10-18(14-19)22(28)30-15-21(27)26-20-12-5-4-9-17(20)13-16-7-2-1-3-8-16/h1-12,14H,13,15H2,(H,26,27)(H3,24,25,29). The molecule has 0 heterocycles. The van der Waals surface area contributed by atoms with Crippen LogP contribution in [0.2, 0.25) is 0 Å². The molecule has 4 N–H and O–H groups in total. The number of carbonyl (C=O) groups excluding carboxylic acids is 3. The highest BCUT2D eigenvalue weighted by Crippen LogP contribution is 2.19. The van der Waals surface area contributed by atoms with E-state index in [1.807, 2.05) is 48.5 Å². The van der Waals surface area contributed by atoms with Crippen molar-refractivity contribution in [1.82, 2.24) is 0 Å². The SMILES string of the molecule is NC(=O)Nc1cccc(C(=O)OCC(=O)Nc2ccccc2Cc2ccccc2)c1. The van der Waals surface area contributed by atoms with Gasteiger partial charge in [-0.15, -0.1) is 0 Å². The lowest BCUT2D eigenvalue weighted by Crippen LogP contribution is -2.22. The van der Waals surface area contributed by atoms with E-state index in [0.717, 1.165) is 11.1 Å². The van der Waals surface area contributed by atoms with Crippen LogP contribution in [0, 0.1) is 0 Å². The van der Waals surface area contributed by atoms with Crippen molar-refractivity contribution in [2.24, 2.45) is 5.73 Å². The molecule has 0 aliphatic heterocycles. The Morgan fingerprint density at radius 1 is 0.833 bits per heavy atom. The molecule has 3 aromatic carbocycles. The van der Waals surface area contributed by atoms with Gasteiger partial charge in [0, 0.05) is 11.4 Å². The minimum atomic E-state index is -0.742. The minimum Gasteiger partial charge on any atom is -0.452 e. The fourth-order valence-corrected chi connectivity index (χ4v) is 2.88. The lowest BCUT2D eigenvalue weighted by atomic mass is 10.0. The molecule has 0 fully saturated rings. The third-order valence-corrected chi connectivity index (χ3v) is 4.23. The zero-order valence-electron chi connectivity index (χ0n) is 16.1. The molecule has 0 atom stereocenters. The highest BCUT2D eigenvalue weighted by molar-refractivity contribution is 5.97. The van der Waals surface area contributed by atoms with Gasteiger partial charge in [-0.05, 0) is 41.8 Å². The topological polar surface area (TPSA) is 111 Å². The zero-order chi connectivity index (χ0) is 21.3. The zero-order valence-corrected chi connectivity index (χ0v) is 16.1. The molecule has 30 heavy (non-hydrogen) atoms. The molecule has 0 radical (unpaired) electrons. The molecule has 0 spiro atoms. The number of primary amides is 1. The monoisotopic (exact) mass is 403 g/mol. The van der Waals surface area contributed by atoms with E-state index >= 15 is 0 Å². The van der Waals surface area contributed by atoms with Crippen LogP contribution < -0.4 is 16.4 Å². The van der Waals surface area contributed by atoms with Crippen molar-refractivity contribution >= 4 is 29.3 Å². The molecular formula is C23H21N3O4. The van der Waals surface area contributed by atoms with E-state index in [-0.39, 0.29) is 5.56 Å². The Kier molecular flexibility index (Phi) is 6.78. The number of rotatable bonds is 7. The van der Waals surface area contributed by atoms with Gasteiger partial charge in [0.05, 0.1) is 5.56 Å². The Hall–Kier alpha value is -4.13. The number of ether oxygens (including phenoxy) is 1. The maximum absolute atomic E-state index is 12.3. The van der Waals surface area contributed by atoms with Crippen molar-refractivity contribution in [3.63, 3.8) is 0 Å². The first-order valence-corrected chi connectivity index (χ1v) is 9.26. The van der Waals surface area contributed by atoms with Gasteiger partial charge < -0.3 is 21.1 Å². The van der Waals surface area contributed by atoms with Crippen LogP contribution >= 0.6 is 0 Å². The average molecular weight is 403 g/mol. The summed E-state index contributed by atoms with van der Waals surface area (Å²) in [5.74, 6) is -1.13. The van der Waals surface area contributed by atoms with Gasteiger partial charge in [0.2, 0.25) is 0 Å².